The average molecular weight is 650 g/mol. The van der Waals surface area contributed by atoms with Gasteiger partial charge in [0.15, 0.2) is 0 Å². The van der Waals surface area contributed by atoms with Crippen LogP contribution in [0.2, 0.25) is 10.0 Å². The first-order valence-corrected chi connectivity index (χ1v) is 16.1. The van der Waals surface area contributed by atoms with E-state index in [1.54, 1.807) is 18.2 Å². The Bertz CT molecular complexity index is 1540. The summed E-state index contributed by atoms with van der Waals surface area (Å²) in [6.07, 6.45) is 3.85. The summed E-state index contributed by atoms with van der Waals surface area (Å²) >= 11 is 12.4. The number of nitrogens with zero attached hydrogens (tertiary/aromatic N) is 3. The molecular formula is C31H35Cl2FN4O4S. The highest BCUT2D eigenvalue weighted by Gasteiger charge is 2.36. The van der Waals surface area contributed by atoms with Crippen LogP contribution in [-0.4, -0.2) is 62.2 Å². The molecule has 1 unspecified atom stereocenters. The predicted molar refractivity (Wildman–Crippen MR) is 168 cm³/mol. The summed E-state index contributed by atoms with van der Waals surface area (Å²) in [5.74, 6) is -1.85. The average Bonchev–Trinajstić information content (AvgIpc) is 3.49. The van der Waals surface area contributed by atoms with Crippen LogP contribution in [0.3, 0.4) is 0 Å². The van der Waals surface area contributed by atoms with Gasteiger partial charge in [0, 0.05) is 33.1 Å². The molecule has 0 radical (unpaired) electrons. The third kappa shape index (κ3) is 8.26. The van der Waals surface area contributed by atoms with Crippen LogP contribution in [0, 0.1) is 5.82 Å². The number of amides is 2. The van der Waals surface area contributed by atoms with Crippen LogP contribution < -0.4 is 9.62 Å². The summed E-state index contributed by atoms with van der Waals surface area (Å²) < 4.78 is 43.4. The molecule has 2 amide bonds. The highest BCUT2D eigenvalue weighted by Crippen LogP contribution is 2.27. The van der Waals surface area contributed by atoms with Crippen LogP contribution in [0.15, 0.2) is 72.8 Å². The Morgan fingerprint density at radius 1 is 0.930 bits per heavy atom. The fourth-order valence-corrected chi connectivity index (χ4v) is 6.50. The summed E-state index contributed by atoms with van der Waals surface area (Å²) in [4.78, 5) is 29.5. The van der Waals surface area contributed by atoms with Crippen molar-refractivity contribution in [1.82, 2.24) is 14.5 Å². The molecule has 0 bridgehead atoms. The summed E-state index contributed by atoms with van der Waals surface area (Å²) in [6, 6.07) is 18.5. The number of hydrogen-bond acceptors (Lipinski definition) is 4. The molecule has 0 aliphatic heterocycles. The van der Waals surface area contributed by atoms with Crippen molar-refractivity contribution in [3.8, 4) is 0 Å². The second-order valence-electron chi connectivity index (χ2n) is 10.7. The van der Waals surface area contributed by atoms with E-state index in [0.29, 0.717) is 10.6 Å². The number of carbonyl (C=O) groups is 2. The van der Waals surface area contributed by atoms with Crippen LogP contribution in [0.1, 0.15) is 36.8 Å². The molecule has 8 nitrogen and oxygen atoms in total. The maximum absolute atomic E-state index is 15.0. The topological polar surface area (TPSA) is 90.0 Å². The highest BCUT2D eigenvalue weighted by molar-refractivity contribution is 7.90. The molecule has 0 aromatic heterocycles. The molecule has 3 aromatic carbocycles. The molecule has 1 saturated carbocycles. The molecule has 1 atom stereocenters. The Hall–Kier alpha value is -3.18. The molecule has 0 heterocycles. The standard InChI is InChI=1S/C31H35Cl2FN4O4S/c1-36(2)43(41,42)38(28-15-9-8-14-27(28)34)21-30(39)37(20-23-16-17-25(32)26(33)18-23)29(19-22-10-4-3-5-11-22)31(40)35-24-12-6-7-13-24/h3-5,8-11,14-18,24,29H,6-7,12-13,19-21H2,1-2H3,(H,35,40). The largest absolute Gasteiger partial charge is 0.352 e. The number of benzene rings is 3. The lowest BCUT2D eigenvalue weighted by Crippen LogP contribution is -2.55. The van der Waals surface area contributed by atoms with Crippen molar-refractivity contribution >= 4 is 50.9 Å². The van der Waals surface area contributed by atoms with Gasteiger partial charge in [-0.3, -0.25) is 9.59 Å². The lowest BCUT2D eigenvalue weighted by atomic mass is 10.0. The molecule has 1 N–H and O–H groups in total. The third-order valence-electron chi connectivity index (χ3n) is 7.45. The number of anilines is 1. The number of carbonyl (C=O) groups excluding carboxylic acids is 2. The lowest BCUT2D eigenvalue weighted by molar-refractivity contribution is -0.140. The van der Waals surface area contributed by atoms with Gasteiger partial charge >= 0.3 is 10.2 Å². The van der Waals surface area contributed by atoms with Crippen LogP contribution in [-0.2, 0) is 32.8 Å². The predicted octanol–water partition coefficient (Wildman–Crippen LogP) is 5.44. The molecule has 0 spiro atoms. The van der Waals surface area contributed by atoms with Crippen molar-refractivity contribution < 1.29 is 22.4 Å². The fraction of sp³-hybridized carbons (Fsp3) is 0.355. The van der Waals surface area contributed by atoms with Gasteiger partial charge in [-0.05, 0) is 48.2 Å². The summed E-state index contributed by atoms with van der Waals surface area (Å²) in [5.41, 5.74) is 1.12. The third-order valence-corrected chi connectivity index (χ3v) is 9.99. The van der Waals surface area contributed by atoms with E-state index >= 15 is 0 Å². The molecule has 1 fully saturated rings. The second-order valence-corrected chi connectivity index (χ2v) is 13.6. The lowest BCUT2D eigenvalue weighted by Gasteiger charge is -2.35. The zero-order chi connectivity index (χ0) is 31.1. The molecule has 1 aliphatic carbocycles. The van der Waals surface area contributed by atoms with Gasteiger partial charge in [0.2, 0.25) is 11.8 Å². The molecule has 0 saturated heterocycles. The van der Waals surface area contributed by atoms with E-state index in [2.05, 4.69) is 5.32 Å². The minimum atomic E-state index is -4.31. The van der Waals surface area contributed by atoms with Crippen LogP contribution in [0.25, 0.3) is 0 Å². The van der Waals surface area contributed by atoms with Gasteiger partial charge in [0.25, 0.3) is 0 Å². The van der Waals surface area contributed by atoms with Crippen molar-refractivity contribution in [3.63, 3.8) is 0 Å². The Morgan fingerprint density at radius 2 is 1.58 bits per heavy atom. The fourth-order valence-electron chi connectivity index (χ4n) is 5.11. The van der Waals surface area contributed by atoms with Crippen LogP contribution >= 0.6 is 23.2 Å². The van der Waals surface area contributed by atoms with Crippen molar-refractivity contribution in [1.29, 1.82) is 0 Å². The molecule has 4 rings (SSSR count). The van der Waals surface area contributed by atoms with E-state index in [9.17, 15) is 22.4 Å². The Kier molecular flexibility index (Phi) is 11.1. The van der Waals surface area contributed by atoms with Crippen molar-refractivity contribution in [2.24, 2.45) is 0 Å². The van der Waals surface area contributed by atoms with E-state index in [1.165, 1.54) is 37.2 Å². The summed E-state index contributed by atoms with van der Waals surface area (Å²) in [7, 11) is -1.71. The van der Waals surface area contributed by atoms with Gasteiger partial charge < -0.3 is 10.2 Å². The van der Waals surface area contributed by atoms with Gasteiger partial charge in [-0.15, -0.1) is 0 Å². The molecular weight excluding hydrogens is 614 g/mol. The van der Waals surface area contributed by atoms with Gasteiger partial charge in [0.1, 0.15) is 18.4 Å². The first-order valence-electron chi connectivity index (χ1n) is 14.0. The van der Waals surface area contributed by atoms with Gasteiger partial charge in [-0.2, -0.15) is 12.7 Å². The molecule has 12 heteroatoms. The van der Waals surface area contributed by atoms with E-state index in [1.807, 2.05) is 30.3 Å². The molecule has 1 aliphatic rings. The van der Waals surface area contributed by atoms with Gasteiger partial charge in [-0.25, -0.2) is 8.70 Å². The quantitative estimate of drug-likeness (QED) is 0.283. The number of halogens is 3. The second kappa shape index (κ2) is 14.5. The number of hydrogen-bond donors (Lipinski definition) is 1. The zero-order valence-electron chi connectivity index (χ0n) is 24.0. The van der Waals surface area contributed by atoms with Crippen LogP contribution in [0.5, 0.6) is 0 Å². The van der Waals surface area contributed by atoms with Crippen molar-refractivity contribution in [2.75, 3.05) is 24.9 Å². The summed E-state index contributed by atoms with van der Waals surface area (Å²) in [6.45, 7) is -0.816. The Morgan fingerprint density at radius 3 is 2.21 bits per heavy atom. The maximum Gasteiger partial charge on any atom is 0.304 e. The Balaban J connectivity index is 1.78. The molecule has 230 valence electrons. The van der Waals surface area contributed by atoms with E-state index in [0.717, 1.165) is 45.9 Å². The SMILES string of the molecule is CN(C)S(=O)(=O)N(CC(=O)N(Cc1ccc(Cl)c(Cl)c1)C(Cc1ccccc1)C(=O)NC1CCCC1)c1ccccc1F. The minimum Gasteiger partial charge on any atom is -0.352 e. The maximum atomic E-state index is 15.0. The van der Waals surface area contributed by atoms with E-state index in [4.69, 9.17) is 23.2 Å². The van der Waals surface area contributed by atoms with Crippen molar-refractivity contribution in [2.45, 2.75) is 50.7 Å². The van der Waals surface area contributed by atoms with Gasteiger partial charge in [-0.1, -0.05) is 84.6 Å². The number of nitrogens with one attached hydrogen (secondary N) is 1. The van der Waals surface area contributed by atoms with E-state index in [-0.39, 0.29) is 35.6 Å². The molecule has 43 heavy (non-hydrogen) atoms. The van der Waals surface area contributed by atoms with E-state index < -0.39 is 34.5 Å². The van der Waals surface area contributed by atoms with Crippen molar-refractivity contribution in [3.05, 3.63) is 99.8 Å². The normalized spacial score (nSPS) is 14.5. The van der Waals surface area contributed by atoms with Gasteiger partial charge in [0.05, 0.1) is 15.7 Å². The smallest absolute Gasteiger partial charge is 0.304 e. The zero-order valence-corrected chi connectivity index (χ0v) is 26.4. The first-order chi connectivity index (χ1) is 20.5. The minimum absolute atomic E-state index is 0.0169. The Labute approximate surface area is 262 Å². The monoisotopic (exact) mass is 648 g/mol. The molecule has 3 aromatic rings. The number of para-hydroxylation sites is 1. The highest BCUT2D eigenvalue weighted by atomic mass is 35.5. The summed E-state index contributed by atoms with van der Waals surface area (Å²) in [5, 5.41) is 3.70. The van der Waals surface area contributed by atoms with Crippen LogP contribution in [0.4, 0.5) is 10.1 Å². The number of rotatable bonds is 12. The first kappa shape index (κ1) is 32.7.